The highest BCUT2D eigenvalue weighted by Crippen LogP contribution is 2.48. The van der Waals surface area contributed by atoms with Crippen molar-refractivity contribution >= 4 is 39.1 Å². The second-order valence-electron chi connectivity index (χ2n) is 15.2. The predicted octanol–water partition coefficient (Wildman–Crippen LogP) is 5.36. The zero-order chi connectivity index (χ0) is 38.3. The van der Waals surface area contributed by atoms with E-state index in [4.69, 9.17) is 25.8 Å². The molecule has 11 nitrogen and oxygen atoms in total. The van der Waals surface area contributed by atoms with E-state index in [0.29, 0.717) is 54.9 Å². The number of aryl methyl sites for hydroxylation is 1. The molecule has 3 aromatic rings. The zero-order valence-corrected chi connectivity index (χ0v) is 32.5. The fourth-order valence-corrected chi connectivity index (χ4v) is 9.84. The highest BCUT2D eigenvalue weighted by atomic mass is 35.5. The lowest BCUT2D eigenvalue weighted by Crippen LogP contribution is -2.50. The van der Waals surface area contributed by atoms with Crippen molar-refractivity contribution in [3.8, 4) is 11.5 Å². The minimum absolute atomic E-state index is 0.0812. The van der Waals surface area contributed by atoms with Crippen molar-refractivity contribution < 1.29 is 37.3 Å². The summed E-state index contributed by atoms with van der Waals surface area (Å²) in [6.45, 7) is 2.01. The lowest BCUT2D eigenvalue weighted by molar-refractivity contribution is -0.148. The molecule has 0 saturated heterocycles. The van der Waals surface area contributed by atoms with Crippen LogP contribution in [0.25, 0.3) is 0 Å². The molecule has 3 aromatic carbocycles. The number of rotatable bonds is 5. The second kappa shape index (κ2) is 15.2. The first-order chi connectivity index (χ1) is 25.9. The molecular formula is C41H48ClN3O8S. The van der Waals surface area contributed by atoms with Crippen LogP contribution in [-0.4, -0.2) is 83.9 Å². The van der Waals surface area contributed by atoms with Crippen molar-refractivity contribution in [2.45, 2.75) is 67.0 Å². The minimum Gasteiger partial charge on any atom is -0.497 e. The number of hydrogen-bond donors (Lipinski definition) is 2. The molecule has 1 spiro atoms. The molecule has 0 unspecified atom stereocenters. The molecule has 0 aromatic heterocycles. The van der Waals surface area contributed by atoms with Gasteiger partial charge in [-0.15, -0.1) is 0 Å². The average Bonchev–Trinajstić information content (AvgIpc) is 3.30. The van der Waals surface area contributed by atoms with Crippen molar-refractivity contribution in [2.24, 2.45) is 11.8 Å². The monoisotopic (exact) mass is 777 g/mol. The lowest BCUT2D eigenvalue weighted by atomic mass is 9.68. The topological polar surface area (TPSA) is 135 Å². The quantitative estimate of drug-likeness (QED) is 0.329. The van der Waals surface area contributed by atoms with Crippen LogP contribution < -0.4 is 19.1 Å². The molecule has 5 atom stereocenters. The molecule has 4 aliphatic rings. The number of amides is 2. The van der Waals surface area contributed by atoms with Gasteiger partial charge in [0.15, 0.2) is 5.60 Å². The molecule has 2 bridgehead atoms. The smallest absolute Gasteiger partial charge is 0.270 e. The molecule has 1 fully saturated rings. The molecule has 2 N–H and O–H groups in total. The van der Waals surface area contributed by atoms with Gasteiger partial charge in [0.25, 0.3) is 15.9 Å². The Hall–Kier alpha value is -4.10. The van der Waals surface area contributed by atoms with E-state index in [0.717, 1.165) is 32.1 Å². The number of benzene rings is 3. The summed E-state index contributed by atoms with van der Waals surface area (Å²) in [4.78, 5) is 31.5. The van der Waals surface area contributed by atoms with Crippen LogP contribution in [0.4, 0.5) is 5.69 Å². The first-order valence-corrected chi connectivity index (χ1v) is 20.4. The van der Waals surface area contributed by atoms with Gasteiger partial charge in [0.05, 0.1) is 36.8 Å². The van der Waals surface area contributed by atoms with Gasteiger partial charge >= 0.3 is 0 Å². The third kappa shape index (κ3) is 7.33. The van der Waals surface area contributed by atoms with Crippen molar-refractivity contribution in [3.63, 3.8) is 0 Å². The van der Waals surface area contributed by atoms with Crippen LogP contribution in [0, 0.1) is 11.8 Å². The molecule has 0 radical (unpaired) electrons. The Labute approximate surface area is 322 Å². The summed E-state index contributed by atoms with van der Waals surface area (Å²) in [5.74, 6) is -0.198. The Balaban J connectivity index is 1.32. The predicted molar refractivity (Wildman–Crippen MR) is 205 cm³/mol. The number of methoxy groups -OCH3 is 2. The molecular weight excluding hydrogens is 730 g/mol. The van der Waals surface area contributed by atoms with Gasteiger partial charge in [-0.3, -0.25) is 9.59 Å². The van der Waals surface area contributed by atoms with Crippen molar-refractivity contribution in [3.05, 3.63) is 94.5 Å². The van der Waals surface area contributed by atoms with E-state index in [9.17, 15) is 23.1 Å². The van der Waals surface area contributed by atoms with Crippen LogP contribution in [0.3, 0.4) is 0 Å². The van der Waals surface area contributed by atoms with Crippen LogP contribution in [0.15, 0.2) is 77.7 Å². The third-order valence-corrected chi connectivity index (χ3v) is 13.5. The van der Waals surface area contributed by atoms with Crippen LogP contribution in [0.1, 0.15) is 55.2 Å². The summed E-state index contributed by atoms with van der Waals surface area (Å²) in [7, 11) is 0.340. The molecule has 288 valence electrons. The summed E-state index contributed by atoms with van der Waals surface area (Å²) in [5.41, 5.74) is 0.231. The molecule has 13 heteroatoms. The Morgan fingerprint density at radius 3 is 2.59 bits per heavy atom. The van der Waals surface area contributed by atoms with E-state index >= 15 is 0 Å². The summed E-state index contributed by atoms with van der Waals surface area (Å²) in [6.07, 6.45) is 8.65. The van der Waals surface area contributed by atoms with E-state index in [1.54, 1.807) is 32.4 Å². The standard InChI is InChI=1S/C41H48ClN3O8S/c1-44-20-5-4-8-36(52-3)33-16-9-28(33)24-45-25-40(19-6-7-27-21-30(42)11-17-34(27)40)26-53-37-18-10-29(22-35(37)45)41(48,23-38(44)46)39(47)43-54(49,50)32-14-12-31(51-2)13-15-32/h4,8,10-15,17-18,21-22,28,33,36,48H,5-7,9,16,19-20,23-26H2,1-3H3,(H,43,47)/b8-4-/t28-,33+,36-,40-,41+/m0/s1. The first kappa shape index (κ1) is 38.2. The molecule has 2 aliphatic heterocycles. The number of nitrogens with zero attached hydrogens (tertiary/aromatic N) is 2. The largest absolute Gasteiger partial charge is 0.497 e. The van der Waals surface area contributed by atoms with Gasteiger partial charge in [0.1, 0.15) is 11.5 Å². The Bertz CT molecular complexity index is 2040. The minimum atomic E-state index is -4.45. The fourth-order valence-electron chi connectivity index (χ4n) is 8.62. The summed E-state index contributed by atoms with van der Waals surface area (Å²) in [5, 5.41) is 13.2. The number of carbonyl (C=O) groups excluding carboxylic acids is 2. The van der Waals surface area contributed by atoms with Crippen LogP contribution >= 0.6 is 11.6 Å². The number of ether oxygens (including phenoxy) is 3. The van der Waals surface area contributed by atoms with E-state index in [1.807, 2.05) is 18.2 Å². The molecule has 1 saturated carbocycles. The van der Waals surface area contributed by atoms with E-state index in [-0.39, 0.29) is 33.8 Å². The van der Waals surface area contributed by atoms with Gasteiger partial charge in [0.2, 0.25) is 5.91 Å². The highest BCUT2D eigenvalue weighted by molar-refractivity contribution is 7.90. The van der Waals surface area contributed by atoms with Gasteiger partial charge in [-0.25, -0.2) is 13.1 Å². The molecule has 2 amide bonds. The van der Waals surface area contributed by atoms with Gasteiger partial charge < -0.3 is 29.1 Å². The molecule has 54 heavy (non-hydrogen) atoms. The number of sulfonamides is 1. The third-order valence-electron chi connectivity index (χ3n) is 11.9. The maximum absolute atomic E-state index is 14.2. The van der Waals surface area contributed by atoms with Crippen molar-refractivity contribution in [2.75, 3.05) is 52.4 Å². The first-order valence-electron chi connectivity index (χ1n) is 18.5. The Morgan fingerprint density at radius 2 is 1.87 bits per heavy atom. The molecule has 2 aliphatic carbocycles. The molecule has 7 rings (SSSR count). The number of aliphatic hydroxyl groups is 1. The SMILES string of the molecule is COc1ccc(S(=O)(=O)NC(=O)[C@@]2(O)CC(=O)N(C)CC/C=C\[C@H](OC)[C@@H]3CC[C@H]3CN3C[C@@]4(CCCc5cc(Cl)ccc54)COc4ccc2cc43)cc1. The summed E-state index contributed by atoms with van der Waals surface area (Å²) in [6, 6.07) is 16.6. The average molecular weight is 778 g/mol. The lowest BCUT2D eigenvalue weighted by Gasteiger charge is -2.46. The normalized spacial score (nSPS) is 27.8. The van der Waals surface area contributed by atoms with Gasteiger partial charge in [0, 0.05) is 44.2 Å². The summed E-state index contributed by atoms with van der Waals surface area (Å²) < 4.78 is 46.9. The molecule has 2 heterocycles. The number of hydrogen-bond acceptors (Lipinski definition) is 9. The number of halogens is 1. The van der Waals surface area contributed by atoms with E-state index in [2.05, 4.69) is 21.8 Å². The van der Waals surface area contributed by atoms with Gasteiger partial charge in [-0.2, -0.15) is 0 Å². The van der Waals surface area contributed by atoms with Crippen LogP contribution in [-0.2, 0) is 41.8 Å². The Morgan fingerprint density at radius 1 is 1.07 bits per heavy atom. The van der Waals surface area contributed by atoms with Gasteiger partial charge in [-0.05, 0) is 116 Å². The van der Waals surface area contributed by atoms with E-state index in [1.165, 1.54) is 47.4 Å². The fraction of sp³-hybridized carbons (Fsp3) is 0.463. The van der Waals surface area contributed by atoms with Gasteiger partial charge in [-0.1, -0.05) is 35.9 Å². The number of fused-ring (bicyclic) bond motifs is 4. The zero-order valence-electron chi connectivity index (χ0n) is 30.9. The van der Waals surface area contributed by atoms with E-state index < -0.39 is 33.9 Å². The number of carbonyl (C=O) groups is 2. The highest BCUT2D eigenvalue weighted by Gasteiger charge is 2.47. The van der Waals surface area contributed by atoms with Crippen molar-refractivity contribution in [1.82, 2.24) is 9.62 Å². The number of nitrogens with one attached hydrogen (secondary N) is 1. The number of anilines is 1. The maximum Gasteiger partial charge on any atom is 0.270 e. The van der Waals surface area contributed by atoms with Crippen LogP contribution in [0.5, 0.6) is 11.5 Å². The van der Waals surface area contributed by atoms with Crippen molar-refractivity contribution in [1.29, 1.82) is 0 Å². The Kier molecular flexibility index (Phi) is 10.8. The summed E-state index contributed by atoms with van der Waals surface area (Å²) >= 11 is 6.47. The van der Waals surface area contributed by atoms with Crippen LogP contribution in [0.2, 0.25) is 5.02 Å². The second-order valence-corrected chi connectivity index (χ2v) is 17.3. The maximum atomic E-state index is 14.2.